The Hall–Kier alpha value is -1.77. The van der Waals surface area contributed by atoms with Crippen LogP contribution < -0.4 is 11.1 Å². The first kappa shape index (κ1) is 9.32. The largest absolute Gasteiger partial charge is 0.399 e. The van der Waals surface area contributed by atoms with Crippen LogP contribution in [0.1, 0.15) is 5.56 Å². The molecule has 0 aliphatic rings. The first-order valence-electron chi connectivity index (χ1n) is 3.97. The summed E-state index contributed by atoms with van der Waals surface area (Å²) < 4.78 is 0. The molecule has 3 N–H and O–H groups in total. The minimum Gasteiger partial charge on any atom is -0.399 e. The van der Waals surface area contributed by atoms with E-state index in [0.29, 0.717) is 5.69 Å². The van der Waals surface area contributed by atoms with E-state index < -0.39 is 0 Å². The summed E-state index contributed by atoms with van der Waals surface area (Å²) in [5, 5.41) is 2.49. The highest BCUT2D eigenvalue weighted by molar-refractivity contribution is 5.91. The molecule has 68 valence electrons. The number of amides is 1. The molecule has 0 saturated carbocycles. The number of nitrogens with one attached hydrogen (secondary N) is 1. The van der Waals surface area contributed by atoms with Gasteiger partial charge in [0.1, 0.15) is 0 Å². The van der Waals surface area contributed by atoms with Crippen LogP contribution in [0, 0.1) is 0 Å². The van der Waals surface area contributed by atoms with Crippen LogP contribution in [0.3, 0.4) is 0 Å². The van der Waals surface area contributed by atoms with Crippen molar-refractivity contribution in [1.29, 1.82) is 0 Å². The first-order chi connectivity index (χ1) is 6.22. The zero-order chi connectivity index (χ0) is 9.68. The molecular weight excluding hydrogens is 164 g/mol. The van der Waals surface area contributed by atoms with Crippen molar-refractivity contribution in [2.45, 2.75) is 0 Å². The van der Waals surface area contributed by atoms with E-state index in [0.717, 1.165) is 5.56 Å². The molecule has 1 aromatic carbocycles. The van der Waals surface area contributed by atoms with Crippen molar-refractivity contribution in [2.75, 3.05) is 12.8 Å². The summed E-state index contributed by atoms with van der Waals surface area (Å²) in [6.45, 7) is 0. The highest BCUT2D eigenvalue weighted by atomic mass is 16.1. The van der Waals surface area contributed by atoms with E-state index >= 15 is 0 Å². The predicted molar refractivity (Wildman–Crippen MR) is 54.0 cm³/mol. The predicted octanol–water partition coefficient (Wildman–Crippen LogP) is 1.03. The Balaban J connectivity index is 2.74. The minimum absolute atomic E-state index is 0.123. The summed E-state index contributed by atoms with van der Waals surface area (Å²) in [5.41, 5.74) is 7.18. The molecular formula is C10H12N2O. The molecule has 0 heterocycles. The molecule has 0 aromatic heterocycles. The quantitative estimate of drug-likeness (QED) is 0.522. The lowest BCUT2D eigenvalue weighted by molar-refractivity contribution is -0.115. The Labute approximate surface area is 77.3 Å². The first-order valence-corrected chi connectivity index (χ1v) is 3.97. The third-order valence-electron chi connectivity index (χ3n) is 1.58. The van der Waals surface area contributed by atoms with Crippen molar-refractivity contribution in [2.24, 2.45) is 0 Å². The van der Waals surface area contributed by atoms with Gasteiger partial charge in [-0.05, 0) is 23.8 Å². The van der Waals surface area contributed by atoms with Crippen LogP contribution in [-0.2, 0) is 4.79 Å². The van der Waals surface area contributed by atoms with E-state index in [1.807, 2.05) is 12.1 Å². The normalized spacial score (nSPS) is 10.2. The van der Waals surface area contributed by atoms with Gasteiger partial charge in [-0.25, -0.2) is 0 Å². The van der Waals surface area contributed by atoms with Crippen LogP contribution in [-0.4, -0.2) is 13.0 Å². The third-order valence-corrected chi connectivity index (χ3v) is 1.58. The lowest BCUT2D eigenvalue weighted by atomic mass is 10.2. The van der Waals surface area contributed by atoms with E-state index in [9.17, 15) is 4.79 Å². The van der Waals surface area contributed by atoms with Gasteiger partial charge in [-0.3, -0.25) is 4.79 Å². The molecule has 0 aliphatic carbocycles. The highest BCUT2D eigenvalue weighted by Crippen LogP contribution is 2.07. The number of carbonyl (C=O) groups excluding carboxylic acids is 1. The van der Waals surface area contributed by atoms with E-state index in [1.165, 1.54) is 6.08 Å². The van der Waals surface area contributed by atoms with Crippen LogP contribution in [0.5, 0.6) is 0 Å². The summed E-state index contributed by atoms with van der Waals surface area (Å²) in [7, 11) is 1.59. The van der Waals surface area contributed by atoms with E-state index in [2.05, 4.69) is 5.32 Å². The van der Waals surface area contributed by atoms with Crippen LogP contribution in [0.2, 0.25) is 0 Å². The molecule has 0 atom stereocenters. The fraction of sp³-hybridized carbons (Fsp3) is 0.100. The molecule has 0 aliphatic heterocycles. The zero-order valence-corrected chi connectivity index (χ0v) is 7.45. The van der Waals surface area contributed by atoms with Crippen LogP contribution in [0.25, 0.3) is 6.08 Å². The molecule has 0 unspecified atom stereocenters. The van der Waals surface area contributed by atoms with Gasteiger partial charge in [0.25, 0.3) is 0 Å². The summed E-state index contributed by atoms with van der Waals surface area (Å²) in [6, 6.07) is 7.34. The van der Waals surface area contributed by atoms with Crippen molar-refractivity contribution in [3.8, 4) is 0 Å². The Morgan fingerprint density at radius 1 is 1.54 bits per heavy atom. The number of anilines is 1. The van der Waals surface area contributed by atoms with Gasteiger partial charge in [0, 0.05) is 18.8 Å². The number of likely N-dealkylation sites (N-methyl/N-ethyl adjacent to an activating group) is 1. The number of hydrogen-bond donors (Lipinski definition) is 2. The lowest BCUT2D eigenvalue weighted by Crippen LogP contribution is -2.13. The number of rotatable bonds is 2. The number of hydrogen-bond acceptors (Lipinski definition) is 2. The number of nitrogens with two attached hydrogens (primary N) is 1. The Bertz CT molecular complexity index is 331. The van der Waals surface area contributed by atoms with Gasteiger partial charge in [0.15, 0.2) is 0 Å². The fourth-order valence-electron chi connectivity index (χ4n) is 0.918. The molecule has 3 nitrogen and oxygen atoms in total. The molecule has 1 amide bonds. The Morgan fingerprint density at radius 3 is 2.92 bits per heavy atom. The van der Waals surface area contributed by atoms with Crippen LogP contribution in [0.15, 0.2) is 30.3 Å². The van der Waals surface area contributed by atoms with Crippen LogP contribution in [0.4, 0.5) is 5.69 Å². The molecule has 0 bridgehead atoms. The maximum Gasteiger partial charge on any atom is 0.243 e. The summed E-state index contributed by atoms with van der Waals surface area (Å²) in [5.74, 6) is -0.123. The second-order valence-electron chi connectivity index (χ2n) is 2.62. The maximum absolute atomic E-state index is 10.8. The summed E-state index contributed by atoms with van der Waals surface area (Å²) >= 11 is 0. The molecule has 1 rings (SSSR count). The average molecular weight is 176 g/mol. The minimum atomic E-state index is -0.123. The summed E-state index contributed by atoms with van der Waals surface area (Å²) in [6.07, 6.45) is 3.18. The molecule has 0 spiro atoms. The second kappa shape index (κ2) is 4.30. The lowest BCUT2D eigenvalue weighted by Gasteiger charge is -1.95. The van der Waals surface area contributed by atoms with E-state index in [-0.39, 0.29) is 5.91 Å². The monoisotopic (exact) mass is 176 g/mol. The topological polar surface area (TPSA) is 55.1 Å². The van der Waals surface area contributed by atoms with Crippen molar-refractivity contribution in [1.82, 2.24) is 5.32 Å². The van der Waals surface area contributed by atoms with Crippen molar-refractivity contribution in [3.63, 3.8) is 0 Å². The fourth-order valence-corrected chi connectivity index (χ4v) is 0.918. The molecule has 13 heavy (non-hydrogen) atoms. The highest BCUT2D eigenvalue weighted by Gasteiger charge is 1.90. The standard InChI is InChI=1S/C10H12N2O/c1-12-10(13)6-5-8-3-2-4-9(11)7-8/h2-7H,11H2,1H3,(H,12,13)/b6-5+. The smallest absolute Gasteiger partial charge is 0.243 e. The molecule has 0 fully saturated rings. The van der Waals surface area contributed by atoms with Gasteiger partial charge in [-0.2, -0.15) is 0 Å². The van der Waals surface area contributed by atoms with Crippen molar-refractivity contribution < 1.29 is 4.79 Å². The van der Waals surface area contributed by atoms with Gasteiger partial charge in [-0.1, -0.05) is 12.1 Å². The van der Waals surface area contributed by atoms with Crippen molar-refractivity contribution >= 4 is 17.7 Å². The summed E-state index contributed by atoms with van der Waals surface area (Å²) in [4.78, 5) is 10.8. The zero-order valence-electron chi connectivity index (χ0n) is 7.45. The van der Waals surface area contributed by atoms with E-state index in [4.69, 9.17) is 5.73 Å². The molecule has 0 saturated heterocycles. The van der Waals surface area contributed by atoms with Gasteiger partial charge in [0.2, 0.25) is 5.91 Å². The molecule has 1 aromatic rings. The number of nitrogen functional groups attached to an aromatic ring is 1. The van der Waals surface area contributed by atoms with Gasteiger partial charge in [-0.15, -0.1) is 0 Å². The van der Waals surface area contributed by atoms with Gasteiger partial charge >= 0.3 is 0 Å². The Kier molecular flexibility index (Phi) is 3.09. The van der Waals surface area contributed by atoms with Gasteiger partial charge < -0.3 is 11.1 Å². The number of benzene rings is 1. The van der Waals surface area contributed by atoms with Crippen molar-refractivity contribution in [3.05, 3.63) is 35.9 Å². The van der Waals surface area contributed by atoms with Crippen LogP contribution >= 0.6 is 0 Å². The maximum atomic E-state index is 10.8. The van der Waals surface area contributed by atoms with E-state index in [1.54, 1.807) is 25.3 Å². The molecule has 0 radical (unpaired) electrons. The Morgan fingerprint density at radius 2 is 2.31 bits per heavy atom. The SMILES string of the molecule is CNC(=O)/C=C/c1cccc(N)c1. The second-order valence-corrected chi connectivity index (χ2v) is 2.62. The van der Waals surface area contributed by atoms with Gasteiger partial charge in [0.05, 0.1) is 0 Å². The molecule has 3 heteroatoms. The third kappa shape index (κ3) is 2.99. The number of carbonyl (C=O) groups is 1. The average Bonchev–Trinajstić information content (AvgIpc) is 2.14.